The first-order chi connectivity index (χ1) is 8.93. The molecule has 0 amide bonds. The Morgan fingerprint density at radius 1 is 1.28 bits per heavy atom. The van der Waals surface area contributed by atoms with Gasteiger partial charge in [-0.2, -0.15) is 0 Å². The van der Waals surface area contributed by atoms with Gasteiger partial charge < -0.3 is 15.0 Å². The Morgan fingerprint density at radius 3 is 3.06 bits per heavy atom. The fourth-order valence-corrected chi connectivity index (χ4v) is 2.06. The summed E-state index contributed by atoms with van der Waals surface area (Å²) >= 11 is 0. The van der Waals surface area contributed by atoms with Crippen molar-refractivity contribution in [2.45, 2.75) is 0 Å². The van der Waals surface area contributed by atoms with Crippen LogP contribution in [0.4, 0.5) is 5.82 Å². The first kappa shape index (κ1) is 11.4. The van der Waals surface area contributed by atoms with Gasteiger partial charge in [0, 0.05) is 26.2 Å². The van der Waals surface area contributed by atoms with Crippen molar-refractivity contribution in [3.05, 3.63) is 12.7 Å². The summed E-state index contributed by atoms with van der Waals surface area (Å²) in [5.74, 6) is 0.811. The molecule has 18 heavy (non-hydrogen) atoms. The smallest absolute Gasteiger partial charge is 0.182 e. The van der Waals surface area contributed by atoms with Gasteiger partial charge in [-0.3, -0.25) is 4.90 Å². The van der Waals surface area contributed by atoms with Gasteiger partial charge in [-0.15, -0.1) is 0 Å². The molecule has 1 aliphatic rings. The monoisotopic (exact) mass is 248 g/mol. The van der Waals surface area contributed by atoms with E-state index in [1.54, 1.807) is 6.33 Å². The lowest BCUT2D eigenvalue weighted by atomic mass is 10.4. The number of aromatic nitrogens is 4. The van der Waals surface area contributed by atoms with E-state index in [1.165, 1.54) is 6.33 Å². The van der Waals surface area contributed by atoms with E-state index in [9.17, 15) is 0 Å². The predicted octanol–water partition coefficient (Wildman–Crippen LogP) is 0.0970. The van der Waals surface area contributed by atoms with Crippen LogP contribution in [0.2, 0.25) is 0 Å². The van der Waals surface area contributed by atoms with Gasteiger partial charge >= 0.3 is 0 Å². The zero-order valence-corrected chi connectivity index (χ0v) is 10.1. The van der Waals surface area contributed by atoms with Gasteiger partial charge in [0.1, 0.15) is 11.8 Å². The summed E-state index contributed by atoms with van der Waals surface area (Å²) in [4.78, 5) is 17.8. The molecule has 0 radical (unpaired) electrons. The summed E-state index contributed by atoms with van der Waals surface area (Å²) in [5.41, 5.74) is 1.55. The largest absolute Gasteiger partial charge is 0.379 e. The summed E-state index contributed by atoms with van der Waals surface area (Å²) in [7, 11) is 0. The summed E-state index contributed by atoms with van der Waals surface area (Å²) in [5, 5.41) is 3.32. The molecule has 0 aromatic carbocycles. The van der Waals surface area contributed by atoms with Crippen LogP contribution in [0.25, 0.3) is 11.2 Å². The summed E-state index contributed by atoms with van der Waals surface area (Å²) in [6.07, 6.45) is 3.16. The van der Waals surface area contributed by atoms with Crippen molar-refractivity contribution in [1.29, 1.82) is 0 Å². The fraction of sp³-hybridized carbons (Fsp3) is 0.545. The van der Waals surface area contributed by atoms with Crippen LogP contribution in [-0.2, 0) is 4.74 Å². The van der Waals surface area contributed by atoms with Crippen molar-refractivity contribution in [3.8, 4) is 0 Å². The standard InChI is InChI=1S/C11H16N6O/c1(2-17-3-5-18-6-4-17)12-10-9-11(14-7-13-9)16-8-15-10/h7-8H,1-6H2,(H2,12,13,14,15,16). The number of hydrogen-bond donors (Lipinski definition) is 2. The highest BCUT2D eigenvalue weighted by molar-refractivity contribution is 5.81. The maximum atomic E-state index is 5.32. The third kappa shape index (κ3) is 2.41. The molecule has 0 unspecified atom stereocenters. The molecule has 1 aliphatic heterocycles. The van der Waals surface area contributed by atoms with Crippen molar-refractivity contribution < 1.29 is 4.74 Å². The number of nitrogens with one attached hydrogen (secondary N) is 2. The molecule has 2 N–H and O–H groups in total. The zero-order chi connectivity index (χ0) is 12.2. The topological polar surface area (TPSA) is 79.0 Å². The van der Waals surface area contributed by atoms with Gasteiger partial charge in [0.2, 0.25) is 0 Å². The number of aromatic amines is 1. The highest BCUT2D eigenvalue weighted by atomic mass is 16.5. The number of anilines is 1. The minimum atomic E-state index is 0.693. The molecule has 0 spiro atoms. The van der Waals surface area contributed by atoms with E-state index in [0.717, 1.165) is 50.7 Å². The molecule has 7 nitrogen and oxygen atoms in total. The lowest BCUT2D eigenvalue weighted by Crippen LogP contribution is -2.39. The third-order valence-electron chi connectivity index (χ3n) is 3.05. The van der Waals surface area contributed by atoms with Gasteiger partial charge in [0.15, 0.2) is 11.5 Å². The Bertz CT molecular complexity index is 507. The van der Waals surface area contributed by atoms with Crippen molar-refractivity contribution in [2.75, 3.05) is 44.7 Å². The normalized spacial score (nSPS) is 17.1. The number of hydrogen-bond acceptors (Lipinski definition) is 6. The Labute approximate surface area is 105 Å². The van der Waals surface area contributed by atoms with Crippen LogP contribution >= 0.6 is 0 Å². The molecule has 2 aromatic rings. The molecule has 0 aliphatic carbocycles. The second-order valence-electron chi connectivity index (χ2n) is 4.20. The van der Waals surface area contributed by atoms with E-state index in [1.807, 2.05) is 0 Å². The molecule has 2 aromatic heterocycles. The van der Waals surface area contributed by atoms with Crippen molar-refractivity contribution >= 4 is 17.0 Å². The van der Waals surface area contributed by atoms with Crippen LogP contribution in [-0.4, -0.2) is 64.2 Å². The maximum Gasteiger partial charge on any atom is 0.182 e. The Morgan fingerprint density at radius 2 is 2.17 bits per heavy atom. The first-order valence-corrected chi connectivity index (χ1v) is 6.11. The van der Waals surface area contributed by atoms with E-state index in [-0.39, 0.29) is 0 Å². The Kier molecular flexibility index (Phi) is 3.33. The number of fused-ring (bicyclic) bond motifs is 1. The lowest BCUT2D eigenvalue weighted by molar-refractivity contribution is 0.0398. The number of rotatable bonds is 4. The van der Waals surface area contributed by atoms with Crippen LogP contribution in [0.15, 0.2) is 12.7 Å². The SMILES string of the molecule is c1nc(NCCN2CCOCC2)c2[nH]cnc2n1. The minimum absolute atomic E-state index is 0.693. The van der Waals surface area contributed by atoms with Crippen LogP contribution in [0.3, 0.4) is 0 Å². The molecule has 0 bridgehead atoms. The highest BCUT2D eigenvalue weighted by Gasteiger charge is 2.10. The molecular weight excluding hydrogens is 232 g/mol. The Balaban J connectivity index is 1.57. The lowest BCUT2D eigenvalue weighted by Gasteiger charge is -2.26. The van der Waals surface area contributed by atoms with Crippen molar-refractivity contribution in [2.24, 2.45) is 0 Å². The molecule has 3 heterocycles. The minimum Gasteiger partial charge on any atom is -0.379 e. The molecule has 1 fully saturated rings. The average molecular weight is 248 g/mol. The number of morpholine rings is 1. The van der Waals surface area contributed by atoms with Crippen LogP contribution in [0.1, 0.15) is 0 Å². The van der Waals surface area contributed by atoms with Gasteiger partial charge in [-0.25, -0.2) is 15.0 Å². The Hall–Kier alpha value is -1.73. The van der Waals surface area contributed by atoms with Gasteiger partial charge in [0.25, 0.3) is 0 Å². The summed E-state index contributed by atoms with van der Waals surface area (Å²) in [6.45, 7) is 5.51. The molecule has 3 rings (SSSR count). The summed E-state index contributed by atoms with van der Waals surface area (Å²) in [6, 6.07) is 0. The van der Waals surface area contributed by atoms with Gasteiger partial charge in [-0.05, 0) is 0 Å². The molecule has 96 valence electrons. The fourth-order valence-electron chi connectivity index (χ4n) is 2.06. The van der Waals surface area contributed by atoms with E-state index in [4.69, 9.17) is 4.74 Å². The van der Waals surface area contributed by atoms with Gasteiger partial charge in [-0.1, -0.05) is 0 Å². The number of ether oxygens (including phenoxy) is 1. The van der Waals surface area contributed by atoms with Crippen LogP contribution < -0.4 is 5.32 Å². The number of nitrogens with zero attached hydrogens (tertiary/aromatic N) is 4. The van der Waals surface area contributed by atoms with E-state index in [0.29, 0.717) is 5.65 Å². The quantitative estimate of drug-likeness (QED) is 0.798. The van der Waals surface area contributed by atoms with E-state index < -0.39 is 0 Å². The predicted molar refractivity (Wildman–Crippen MR) is 67.4 cm³/mol. The third-order valence-corrected chi connectivity index (χ3v) is 3.05. The molecule has 7 heteroatoms. The van der Waals surface area contributed by atoms with Crippen molar-refractivity contribution in [3.63, 3.8) is 0 Å². The van der Waals surface area contributed by atoms with Gasteiger partial charge in [0.05, 0.1) is 19.5 Å². The molecule has 1 saturated heterocycles. The number of imidazole rings is 1. The van der Waals surface area contributed by atoms with Crippen LogP contribution in [0.5, 0.6) is 0 Å². The molecular formula is C11H16N6O. The second kappa shape index (κ2) is 5.28. The van der Waals surface area contributed by atoms with E-state index >= 15 is 0 Å². The van der Waals surface area contributed by atoms with Crippen LogP contribution in [0, 0.1) is 0 Å². The zero-order valence-electron chi connectivity index (χ0n) is 10.1. The summed E-state index contributed by atoms with van der Waals surface area (Å²) < 4.78 is 5.32. The molecule has 0 saturated carbocycles. The maximum absolute atomic E-state index is 5.32. The van der Waals surface area contributed by atoms with E-state index in [2.05, 4.69) is 30.2 Å². The molecule has 0 atom stereocenters. The van der Waals surface area contributed by atoms with Crippen molar-refractivity contribution in [1.82, 2.24) is 24.8 Å². The second-order valence-corrected chi connectivity index (χ2v) is 4.20. The number of H-pyrrole nitrogens is 1. The average Bonchev–Trinajstić information content (AvgIpc) is 2.89. The highest BCUT2D eigenvalue weighted by Crippen LogP contribution is 2.13. The first-order valence-electron chi connectivity index (χ1n) is 6.11.